The number of aryl methyl sites for hydroxylation is 2. The van der Waals surface area contributed by atoms with Crippen molar-refractivity contribution in [3.05, 3.63) is 17.5 Å². The van der Waals surface area contributed by atoms with Gasteiger partial charge in [0.05, 0.1) is 11.4 Å². The standard InChI is InChI=1S/C14H25N3/c1-4-8-15-13(10-12-6-7-12)14-9-11(3)16-17(14)5-2/h9,12-13,15H,4-8,10H2,1-3H3. The molecule has 3 heteroatoms. The lowest BCUT2D eigenvalue weighted by atomic mass is 10.1. The minimum Gasteiger partial charge on any atom is -0.309 e. The Balaban J connectivity index is 2.10. The first-order valence-electron chi connectivity index (χ1n) is 7.02. The van der Waals surface area contributed by atoms with E-state index in [1.807, 2.05) is 0 Å². The molecule has 1 N–H and O–H groups in total. The lowest BCUT2D eigenvalue weighted by Gasteiger charge is -2.19. The number of nitrogens with one attached hydrogen (secondary N) is 1. The first-order valence-corrected chi connectivity index (χ1v) is 7.02. The van der Waals surface area contributed by atoms with Crippen LogP contribution in [0, 0.1) is 12.8 Å². The molecule has 17 heavy (non-hydrogen) atoms. The fourth-order valence-electron chi connectivity index (χ4n) is 2.41. The molecule has 1 atom stereocenters. The van der Waals surface area contributed by atoms with Crippen molar-refractivity contribution in [3.63, 3.8) is 0 Å². The van der Waals surface area contributed by atoms with Crippen LogP contribution in [0.5, 0.6) is 0 Å². The van der Waals surface area contributed by atoms with Gasteiger partial charge in [-0.05, 0) is 45.2 Å². The highest BCUT2D eigenvalue weighted by Crippen LogP contribution is 2.37. The smallest absolute Gasteiger partial charge is 0.0597 e. The molecule has 1 aliphatic rings. The van der Waals surface area contributed by atoms with Crippen LogP contribution in [0.4, 0.5) is 0 Å². The Labute approximate surface area is 105 Å². The van der Waals surface area contributed by atoms with Gasteiger partial charge in [-0.25, -0.2) is 0 Å². The molecule has 1 heterocycles. The lowest BCUT2D eigenvalue weighted by molar-refractivity contribution is 0.437. The Morgan fingerprint density at radius 3 is 2.82 bits per heavy atom. The van der Waals surface area contributed by atoms with Gasteiger partial charge in [-0.1, -0.05) is 19.8 Å². The molecule has 1 unspecified atom stereocenters. The predicted molar refractivity (Wildman–Crippen MR) is 71.0 cm³/mol. The monoisotopic (exact) mass is 235 g/mol. The Morgan fingerprint density at radius 2 is 2.24 bits per heavy atom. The Morgan fingerprint density at radius 1 is 1.47 bits per heavy atom. The zero-order chi connectivity index (χ0) is 12.3. The highest BCUT2D eigenvalue weighted by molar-refractivity contribution is 5.14. The van der Waals surface area contributed by atoms with Crippen molar-refractivity contribution in [2.24, 2.45) is 5.92 Å². The summed E-state index contributed by atoms with van der Waals surface area (Å²) in [6.07, 6.45) is 5.32. The zero-order valence-electron chi connectivity index (χ0n) is 11.4. The summed E-state index contributed by atoms with van der Waals surface area (Å²) in [6, 6.07) is 2.75. The SMILES string of the molecule is CCCNC(CC1CC1)c1cc(C)nn1CC. The van der Waals surface area contributed by atoms with Crippen molar-refractivity contribution in [2.75, 3.05) is 6.54 Å². The summed E-state index contributed by atoms with van der Waals surface area (Å²) in [4.78, 5) is 0. The van der Waals surface area contributed by atoms with Crippen molar-refractivity contribution in [2.45, 2.75) is 59.0 Å². The third-order valence-electron chi connectivity index (χ3n) is 3.50. The lowest BCUT2D eigenvalue weighted by Crippen LogP contribution is -2.25. The van der Waals surface area contributed by atoms with E-state index in [4.69, 9.17) is 0 Å². The van der Waals surface area contributed by atoms with Gasteiger partial charge >= 0.3 is 0 Å². The van der Waals surface area contributed by atoms with Gasteiger partial charge in [-0.15, -0.1) is 0 Å². The normalized spacial score (nSPS) is 17.4. The van der Waals surface area contributed by atoms with E-state index in [1.54, 1.807) is 0 Å². The molecule has 3 nitrogen and oxygen atoms in total. The summed E-state index contributed by atoms with van der Waals surface area (Å²) in [7, 11) is 0. The van der Waals surface area contributed by atoms with E-state index in [-0.39, 0.29) is 0 Å². The summed E-state index contributed by atoms with van der Waals surface area (Å²) in [6.45, 7) is 8.56. The van der Waals surface area contributed by atoms with Crippen LogP contribution < -0.4 is 5.32 Å². The molecule has 1 fully saturated rings. The van der Waals surface area contributed by atoms with Crippen molar-refractivity contribution in [3.8, 4) is 0 Å². The third kappa shape index (κ3) is 3.32. The van der Waals surface area contributed by atoms with Gasteiger partial charge in [-0.2, -0.15) is 5.10 Å². The molecule has 0 bridgehead atoms. The minimum atomic E-state index is 0.503. The van der Waals surface area contributed by atoms with Gasteiger partial charge < -0.3 is 5.32 Å². The molecule has 1 aromatic heterocycles. The highest BCUT2D eigenvalue weighted by Gasteiger charge is 2.27. The van der Waals surface area contributed by atoms with Crippen LogP contribution >= 0.6 is 0 Å². The first-order chi connectivity index (χ1) is 8.24. The largest absolute Gasteiger partial charge is 0.309 e. The van der Waals surface area contributed by atoms with Gasteiger partial charge in [0.25, 0.3) is 0 Å². The van der Waals surface area contributed by atoms with E-state index >= 15 is 0 Å². The topological polar surface area (TPSA) is 29.9 Å². The maximum Gasteiger partial charge on any atom is 0.0597 e. The zero-order valence-corrected chi connectivity index (χ0v) is 11.4. The van der Waals surface area contributed by atoms with Crippen LogP contribution in [-0.4, -0.2) is 16.3 Å². The number of hydrogen-bond acceptors (Lipinski definition) is 2. The quantitative estimate of drug-likeness (QED) is 0.787. The molecule has 1 aliphatic carbocycles. The van der Waals surface area contributed by atoms with Gasteiger partial charge in [0.1, 0.15) is 0 Å². The number of nitrogens with zero attached hydrogens (tertiary/aromatic N) is 2. The molecule has 0 aliphatic heterocycles. The van der Waals surface area contributed by atoms with Crippen LogP contribution in [0.25, 0.3) is 0 Å². The van der Waals surface area contributed by atoms with E-state index < -0.39 is 0 Å². The molecule has 1 aromatic rings. The van der Waals surface area contributed by atoms with E-state index in [9.17, 15) is 0 Å². The molecule has 96 valence electrons. The van der Waals surface area contributed by atoms with E-state index in [0.29, 0.717) is 6.04 Å². The molecular weight excluding hydrogens is 210 g/mol. The summed E-state index contributed by atoms with van der Waals surface area (Å²) in [5.41, 5.74) is 2.52. The summed E-state index contributed by atoms with van der Waals surface area (Å²) < 4.78 is 2.16. The van der Waals surface area contributed by atoms with Crippen LogP contribution in [0.2, 0.25) is 0 Å². The minimum absolute atomic E-state index is 0.503. The highest BCUT2D eigenvalue weighted by atomic mass is 15.3. The van der Waals surface area contributed by atoms with Crippen molar-refractivity contribution >= 4 is 0 Å². The van der Waals surface area contributed by atoms with Crippen molar-refractivity contribution in [1.82, 2.24) is 15.1 Å². The third-order valence-corrected chi connectivity index (χ3v) is 3.50. The molecular formula is C14H25N3. The molecule has 0 spiro atoms. The Kier molecular flexibility index (Phi) is 4.21. The van der Waals surface area contributed by atoms with Gasteiger partial charge in [0, 0.05) is 12.6 Å². The molecule has 0 aromatic carbocycles. The van der Waals surface area contributed by atoms with Crippen LogP contribution in [0.15, 0.2) is 6.07 Å². The van der Waals surface area contributed by atoms with Gasteiger partial charge in [0.15, 0.2) is 0 Å². The number of aromatic nitrogens is 2. The van der Waals surface area contributed by atoms with E-state index in [2.05, 4.69) is 41.9 Å². The second-order valence-corrected chi connectivity index (χ2v) is 5.21. The fraction of sp³-hybridized carbons (Fsp3) is 0.786. The summed E-state index contributed by atoms with van der Waals surface area (Å²) in [5, 5.41) is 8.25. The van der Waals surface area contributed by atoms with Gasteiger partial charge in [0.2, 0.25) is 0 Å². The first kappa shape index (κ1) is 12.6. The molecule has 2 rings (SSSR count). The van der Waals surface area contributed by atoms with Crippen LogP contribution in [0.3, 0.4) is 0 Å². The average molecular weight is 235 g/mol. The maximum absolute atomic E-state index is 4.56. The Hall–Kier alpha value is -0.830. The average Bonchev–Trinajstić information content (AvgIpc) is 3.06. The number of rotatable bonds is 7. The van der Waals surface area contributed by atoms with Crippen LogP contribution in [-0.2, 0) is 6.54 Å². The van der Waals surface area contributed by atoms with Crippen molar-refractivity contribution < 1.29 is 0 Å². The molecule has 0 amide bonds. The maximum atomic E-state index is 4.56. The fourth-order valence-corrected chi connectivity index (χ4v) is 2.41. The van der Waals surface area contributed by atoms with Crippen molar-refractivity contribution in [1.29, 1.82) is 0 Å². The molecule has 0 radical (unpaired) electrons. The van der Waals surface area contributed by atoms with Gasteiger partial charge in [-0.3, -0.25) is 4.68 Å². The predicted octanol–water partition coefficient (Wildman–Crippen LogP) is 3.05. The number of hydrogen-bond donors (Lipinski definition) is 1. The summed E-state index contributed by atoms with van der Waals surface area (Å²) in [5.74, 6) is 0.949. The second-order valence-electron chi connectivity index (χ2n) is 5.21. The Bertz CT molecular complexity index is 352. The second kappa shape index (κ2) is 5.67. The van der Waals surface area contributed by atoms with E-state index in [0.717, 1.165) is 24.7 Å². The molecule has 1 saturated carbocycles. The van der Waals surface area contributed by atoms with E-state index in [1.165, 1.54) is 31.4 Å². The summed E-state index contributed by atoms with van der Waals surface area (Å²) >= 11 is 0. The molecule has 0 saturated heterocycles. The van der Waals surface area contributed by atoms with Crippen LogP contribution in [0.1, 0.15) is 57.0 Å².